The third-order valence-electron chi connectivity index (χ3n) is 3.23. The first-order valence-electron chi connectivity index (χ1n) is 6.91. The van der Waals surface area contributed by atoms with Crippen LogP contribution in [0, 0.1) is 0 Å². The molecule has 0 saturated heterocycles. The maximum Gasteiger partial charge on any atom is 0.251 e. The number of carbonyl (C=O) groups excluding carboxylic acids is 1. The highest BCUT2D eigenvalue weighted by atomic mass is 16.5. The van der Waals surface area contributed by atoms with Gasteiger partial charge in [-0.15, -0.1) is 0 Å². The molecule has 0 atom stereocenters. The first kappa shape index (κ1) is 17.4. The molecule has 1 heterocycles. The van der Waals surface area contributed by atoms with Crippen LogP contribution in [0.4, 0.5) is 5.82 Å². The largest absolute Gasteiger partial charge is 0.377 e. The van der Waals surface area contributed by atoms with Gasteiger partial charge >= 0.3 is 0 Å². The van der Waals surface area contributed by atoms with E-state index in [-0.39, 0.29) is 11.3 Å². The van der Waals surface area contributed by atoms with E-state index in [1.807, 2.05) is 34.6 Å². The Morgan fingerprint density at radius 3 is 2.38 bits per heavy atom. The van der Waals surface area contributed by atoms with Crippen LogP contribution in [0.3, 0.4) is 0 Å². The zero-order valence-corrected chi connectivity index (χ0v) is 13.7. The zero-order valence-electron chi connectivity index (χ0n) is 13.7. The second-order valence-corrected chi connectivity index (χ2v) is 6.67. The molecule has 4 N–H and O–H groups in total. The molecule has 0 fully saturated rings. The predicted molar refractivity (Wildman–Crippen MR) is 84.2 cm³/mol. The molecule has 0 spiro atoms. The number of hydrogen-bond acceptors (Lipinski definition) is 5. The summed E-state index contributed by atoms with van der Waals surface area (Å²) in [6.07, 6.45) is 0. The third-order valence-corrected chi connectivity index (χ3v) is 3.23. The Morgan fingerprint density at radius 1 is 1.29 bits per heavy atom. The number of pyridine rings is 1. The van der Waals surface area contributed by atoms with Gasteiger partial charge in [-0.1, -0.05) is 20.8 Å². The number of methoxy groups -OCH3 is 1. The molecule has 6 nitrogen and oxygen atoms in total. The molecule has 0 unspecified atom stereocenters. The van der Waals surface area contributed by atoms with Gasteiger partial charge in [0.05, 0.1) is 5.60 Å². The quantitative estimate of drug-likeness (QED) is 0.569. The summed E-state index contributed by atoms with van der Waals surface area (Å²) in [6.45, 7) is 10.3. The average Bonchev–Trinajstić information content (AvgIpc) is 2.43. The monoisotopic (exact) mass is 294 g/mol. The number of nitrogens with one attached hydrogen (secondary N) is 2. The molecule has 0 aliphatic rings. The molecule has 1 aromatic rings. The molecule has 0 saturated carbocycles. The van der Waals surface area contributed by atoms with E-state index in [1.165, 1.54) is 0 Å². The van der Waals surface area contributed by atoms with Crippen molar-refractivity contribution in [3.63, 3.8) is 0 Å². The maximum atomic E-state index is 12.3. The lowest BCUT2D eigenvalue weighted by Gasteiger charge is -2.23. The van der Waals surface area contributed by atoms with Gasteiger partial charge in [-0.05, 0) is 26.0 Å². The smallest absolute Gasteiger partial charge is 0.251 e. The average molecular weight is 294 g/mol. The second-order valence-electron chi connectivity index (χ2n) is 6.67. The standard InChI is InChI=1S/C15H26N4O2/c1-14(2,3)11-7-10(8-12(18-11)19-16)13(20)17-9-15(4,5)21-6/h7-8H,9,16H2,1-6H3,(H,17,20)(H,18,19). The minimum atomic E-state index is -0.412. The van der Waals surface area contributed by atoms with E-state index in [0.29, 0.717) is 17.9 Å². The summed E-state index contributed by atoms with van der Waals surface area (Å²) in [5.74, 6) is 5.73. The molecular formula is C15H26N4O2. The Bertz CT molecular complexity index is 507. The summed E-state index contributed by atoms with van der Waals surface area (Å²) < 4.78 is 5.29. The fourth-order valence-electron chi connectivity index (χ4n) is 1.59. The number of ether oxygens (including phenoxy) is 1. The molecule has 1 amide bonds. The number of hydrogen-bond donors (Lipinski definition) is 3. The number of nitrogens with two attached hydrogens (primary N) is 1. The molecule has 21 heavy (non-hydrogen) atoms. The molecule has 118 valence electrons. The van der Waals surface area contributed by atoms with Crippen molar-refractivity contribution in [1.29, 1.82) is 0 Å². The van der Waals surface area contributed by atoms with Crippen molar-refractivity contribution in [3.8, 4) is 0 Å². The highest BCUT2D eigenvalue weighted by molar-refractivity contribution is 5.95. The minimum absolute atomic E-state index is 0.173. The molecule has 0 bridgehead atoms. The lowest BCUT2D eigenvalue weighted by molar-refractivity contribution is 0.0229. The van der Waals surface area contributed by atoms with Crippen molar-refractivity contribution in [1.82, 2.24) is 10.3 Å². The second kappa shape index (κ2) is 6.41. The van der Waals surface area contributed by atoms with E-state index in [2.05, 4.69) is 15.7 Å². The van der Waals surface area contributed by atoms with Crippen molar-refractivity contribution in [2.24, 2.45) is 5.84 Å². The van der Waals surface area contributed by atoms with Gasteiger partial charge in [-0.3, -0.25) is 4.79 Å². The fourth-order valence-corrected chi connectivity index (χ4v) is 1.59. The van der Waals surface area contributed by atoms with Crippen LogP contribution >= 0.6 is 0 Å². The first-order chi connectivity index (χ1) is 9.59. The fraction of sp³-hybridized carbons (Fsp3) is 0.600. The minimum Gasteiger partial charge on any atom is -0.377 e. The summed E-state index contributed by atoms with van der Waals surface area (Å²) in [5, 5.41) is 2.86. The number of hydrazine groups is 1. The van der Waals surface area contributed by atoms with E-state index in [0.717, 1.165) is 5.69 Å². The lowest BCUT2D eigenvalue weighted by atomic mass is 9.90. The third kappa shape index (κ3) is 4.99. The lowest BCUT2D eigenvalue weighted by Crippen LogP contribution is -2.39. The summed E-state index contributed by atoms with van der Waals surface area (Å²) in [6, 6.07) is 3.42. The Morgan fingerprint density at radius 2 is 1.90 bits per heavy atom. The van der Waals surface area contributed by atoms with E-state index in [4.69, 9.17) is 10.6 Å². The van der Waals surface area contributed by atoms with Crippen LogP contribution in [-0.4, -0.2) is 30.1 Å². The van der Waals surface area contributed by atoms with Gasteiger partial charge in [0.2, 0.25) is 0 Å². The summed E-state index contributed by atoms with van der Waals surface area (Å²) in [7, 11) is 1.62. The molecule has 0 aliphatic carbocycles. The van der Waals surface area contributed by atoms with Crippen LogP contribution < -0.4 is 16.6 Å². The van der Waals surface area contributed by atoms with Gasteiger partial charge in [0.15, 0.2) is 0 Å². The number of nitrogen functional groups attached to an aromatic ring is 1. The van der Waals surface area contributed by atoms with Crippen LogP contribution in [0.2, 0.25) is 0 Å². The highest BCUT2D eigenvalue weighted by Gasteiger charge is 2.21. The Hall–Kier alpha value is -1.66. The van der Waals surface area contributed by atoms with Crippen molar-refractivity contribution in [2.75, 3.05) is 19.1 Å². The number of carbonyl (C=O) groups is 1. The van der Waals surface area contributed by atoms with E-state index in [9.17, 15) is 4.79 Å². The van der Waals surface area contributed by atoms with Crippen molar-refractivity contribution < 1.29 is 9.53 Å². The van der Waals surface area contributed by atoms with Crippen molar-refractivity contribution >= 4 is 11.7 Å². The van der Waals surface area contributed by atoms with Gasteiger partial charge in [0.25, 0.3) is 5.91 Å². The topological polar surface area (TPSA) is 89.3 Å². The predicted octanol–water partition coefficient (Wildman–Crippen LogP) is 1.82. The number of anilines is 1. The Balaban J connectivity index is 2.99. The van der Waals surface area contributed by atoms with Crippen molar-refractivity contribution in [2.45, 2.75) is 45.6 Å². The zero-order chi connectivity index (χ0) is 16.3. The molecular weight excluding hydrogens is 268 g/mol. The maximum absolute atomic E-state index is 12.3. The first-order valence-corrected chi connectivity index (χ1v) is 6.91. The van der Waals surface area contributed by atoms with E-state index in [1.54, 1.807) is 19.2 Å². The normalized spacial score (nSPS) is 12.1. The van der Waals surface area contributed by atoms with Gasteiger partial charge in [-0.25, -0.2) is 10.8 Å². The van der Waals surface area contributed by atoms with Crippen LogP contribution in [0.1, 0.15) is 50.7 Å². The van der Waals surface area contributed by atoms with Gasteiger partial charge in [0, 0.05) is 30.3 Å². The van der Waals surface area contributed by atoms with Crippen molar-refractivity contribution in [3.05, 3.63) is 23.4 Å². The summed E-state index contributed by atoms with van der Waals surface area (Å²) in [4.78, 5) is 16.7. The molecule has 0 aromatic carbocycles. The van der Waals surface area contributed by atoms with Crippen LogP contribution in [0.25, 0.3) is 0 Å². The summed E-state index contributed by atoms with van der Waals surface area (Å²) >= 11 is 0. The van der Waals surface area contributed by atoms with Gasteiger partial charge in [-0.2, -0.15) is 0 Å². The number of amides is 1. The van der Waals surface area contributed by atoms with E-state index < -0.39 is 5.60 Å². The molecule has 1 rings (SSSR count). The highest BCUT2D eigenvalue weighted by Crippen LogP contribution is 2.23. The van der Waals surface area contributed by atoms with Crippen LogP contribution in [0.15, 0.2) is 12.1 Å². The van der Waals surface area contributed by atoms with Crippen LogP contribution in [0.5, 0.6) is 0 Å². The Labute approximate surface area is 126 Å². The van der Waals surface area contributed by atoms with Gasteiger partial charge in [0.1, 0.15) is 5.82 Å². The molecule has 1 aromatic heterocycles. The number of nitrogens with zero attached hydrogens (tertiary/aromatic N) is 1. The Kier molecular flexibility index (Phi) is 5.31. The van der Waals surface area contributed by atoms with E-state index >= 15 is 0 Å². The van der Waals surface area contributed by atoms with Gasteiger partial charge < -0.3 is 15.5 Å². The molecule has 6 heteroatoms. The number of rotatable bonds is 5. The molecule has 0 aliphatic heterocycles. The number of aromatic nitrogens is 1. The molecule has 0 radical (unpaired) electrons. The summed E-state index contributed by atoms with van der Waals surface area (Å²) in [5.41, 5.74) is 3.24. The van der Waals surface area contributed by atoms with Crippen LogP contribution in [-0.2, 0) is 10.2 Å². The SMILES string of the molecule is COC(C)(C)CNC(=O)c1cc(NN)nc(C(C)(C)C)c1.